The van der Waals surface area contributed by atoms with Crippen LogP contribution >= 0.6 is 0 Å². The highest BCUT2D eigenvalue weighted by Crippen LogP contribution is 2.65. The van der Waals surface area contributed by atoms with Crippen LogP contribution in [0.5, 0.6) is 11.5 Å². The summed E-state index contributed by atoms with van der Waals surface area (Å²) in [4.78, 5) is 26.0. The Balaban J connectivity index is 1.20. The van der Waals surface area contributed by atoms with E-state index in [2.05, 4.69) is 41.8 Å². The Morgan fingerprint density at radius 2 is 2.03 bits per heavy atom. The molecular weight excluding hydrogens is 474 g/mol. The molecule has 5 aromatic rings. The molecule has 0 bridgehead atoms. The molecule has 37 heavy (non-hydrogen) atoms. The number of rotatable bonds is 6. The monoisotopic (exact) mass is 495 g/mol. The van der Waals surface area contributed by atoms with Crippen molar-refractivity contribution < 1.29 is 18.7 Å². The molecule has 1 aliphatic heterocycles. The minimum absolute atomic E-state index is 0.0339. The molecule has 11 heteroatoms. The van der Waals surface area contributed by atoms with E-state index in [1.54, 1.807) is 20.4 Å². The largest absolute Gasteiger partial charge is 0.497 e. The summed E-state index contributed by atoms with van der Waals surface area (Å²) in [6.45, 7) is 0. The lowest BCUT2D eigenvalue weighted by molar-refractivity contribution is -0.118. The third-order valence-corrected chi connectivity index (χ3v) is 7.18. The SMILES string of the molecule is COc1ccc2c(c1)C1(CC1c1ccc3c(Nc4nc(-c5cocn5)ncc4OC)n[nH]c3c1)C(=O)N2. The Morgan fingerprint density at radius 1 is 1.11 bits per heavy atom. The van der Waals surface area contributed by atoms with E-state index in [1.165, 1.54) is 12.7 Å². The number of benzene rings is 2. The standard InChI is InChI=1S/C26H21N7O4/c1-35-14-4-6-18-16(8-14)26(25(34)29-18)9-17(26)13-3-5-15-19(7-13)32-33-22(15)30-24-21(36-2)10-27-23(31-24)20-11-37-12-28-20/h3-8,10-12,17H,9H2,1-2H3,(H,29,34)(H2,27,30,31,32,33). The zero-order valence-electron chi connectivity index (χ0n) is 19.9. The maximum Gasteiger partial charge on any atom is 0.235 e. The van der Waals surface area contributed by atoms with E-state index in [0.717, 1.165) is 39.9 Å². The number of aromatic nitrogens is 5. The summed E-state index contributed by atoms with van der Waals surface area (Å²) in [5.41, 5.74) is 3.71. The molecule has 1 saturated carbocycles. The molecule has 1 spiro atoms. The van der Waals surface area contributed by atoms with Crippen LogP contribution in [0.2, 0.25) is 0 Å². The lowest BCUT2D eigenvalue weighted by atomic mass is 9.91. The Morgan fingerprint density at radius 3 is 2.84 bits per heavy atom. The fraction of sp³-hybridized carbons (Fsp3) is 0.192. The summed E-state index contributed by atoms with van der Waals surface area (Å²) in [5.74, 6) is 2.73. The van der Waals surface area contributed by atoms with Crippen molar-refractivity contribution in [1.29, 1.82) is 0 Å². The number of carbonyl (C=O) groups excluding carboxylic acids is 1. The average Bonchev–Trinajstić information content (AvgIpc) is 3.20. The number of nitrogens with zero attached hydrogens (tertiary/aromatic N) is 4. The van der Waals surface area contributed by atoms with Gasteiger partial charge in [-0.05, 0) is 47.9 Å². The van der Waals surface area contributed by atoms with Crippen molar-refractivity contribution in [3.05, 3.63) is 66.4 Å². The maximum absolute atomic E-state index is 13.0. The van der Waals surface area contributed by atoms with Gasteiger partial charge in [-0.25, -0.2) is 15.0 Å². The lowest BCUT2D eigenvalue weighted by Crippen LogP contribution is -2.21. The van der Waals surface area contributed by atoms with Crippen LogP contribution in [0, 0.1) is 0 Å². The van der Waals surface area contributed by atoms with Gasteiger partial charge in [0.2, 0.25) is 5.91 Å². The summed E-state index contributed by atoms with van der Waals surface area (Å²) >= 11 is 0. The number of amides is 1. The number of ether oxygens (including phenoxy) is 2. The van der Waals surface area contributed by atoms with Gasteiger partial charge in [-0.3, -0.25) is 9.89 Å². The second-order valence-electron chi connectivity index (χ2n) is 9.08. The highest BCUT2D eigenvalue weighted by Gasteiger charge is 2.65. The van der Waals surface area contributed by atoms with Crippen LogP contribution in [0.15, 0.2) is 59.7 Å². The molecule has 2 aliphatic rings. The van der Waals surface area contributed by atoms with E-state index in [0.29, 0.717) is 28.9 Å². The number of methoxy groups -OCH3 is 2. The highest BCUT2D eigenvalue weighted by atomic mass is 16.5. The van der Waals surface area contributed by atoms with Gasteiger partial charge in [0.05, 0.1) is 31.3 Å². The number of carbonyl (C=O) groups is 1. The predicted octanol–water partition coefficient (Wildman–Crippen LogP) is 4.15. The van der Waals surface area contributed by atoms with Gasteiger partial charge in [0.25, 0.3) is 0 Å². The van der Waals surface area contributed by atoms with Crippen molar-refractivity contribution in [2.75, 3.05) is 24.9 Å². The molecule has 11 nitrogen and oxygen atoms in total. The van der Waals surface area contributed by atoms with Crippen molar-refractivity contribution >= 4 is 34.1 Å². The zero-order chi connectivity index (χ0) is 25.1. The lowest BCUT2D eigenvalue weighted by Gasteiger charge is -2.11. The number of anilines is 3. The van der Waals surface area contributed by atoms with Crippen molar-refractivity contribution in [3.8, 4) is 23.0 Å². The van der Waals surface area contributed by atoms with Crippen LogP contribution in [0.1, 0.15) is 23.5 Å². The van der Waals surface area contributed by atoms with Crippen molar-refractivity contribution in [1.82, 2.24) is 25.1 Å². The summed E-state index contributed by atoms with van der Waals surface area (Å²) in [5, 5.41) is 14.7. The minimum atomic E-state index is -0.565. The Bertz CT molecular complexity index is 1680. The Kier molecular flexibility index (Phi) is 4.49. The number of hydrogen-bond acceptors (Lipinski definition) is 9. The number of aromatic amines is 1. The zero-order valence-corrected chi connectivity index (χ0v) is 19.9. The quantitative estimate of drug-likeness (QED) is 0.317. The molecule has 0 saturated heterocycles. The molecule has 2 atom stereocenters. The molecule has 4 heterocycles. The van der Waals surface area contributed by atoms with Crippen LogP contribution in [0.25, 0.3) is 22.4 Å². The van der Waals surface area contributed by atoms with E-state index in [9.17, 15) is 4.79 Å². The Hall–Kier alpha value is -4.93. The van der Waals surface area contributed by atoms with Gasteiger partial charge in [0.15, 0.2) is 29.6 Å². The third kappa shape index (κ3) is 3.17. The topological polar surface area (TPSA) is 140 Å². The van der Waals surface area contributed by atoms with Gasteiger partial charge in [0, 0.05) is 17.0 Å². The first-order valence-electron chi connectivity index (χ1n) is 11.7. The van der Waals surface area contributed by atoms with E-state index in [-0.39, 0.29) is 11.8 Å². The molecule has 2 unspecified atom stereocenters. The number of fused-ring (bicyclic) bond motifs is 3. The van der Waals surface area contributed by atoms with Gasteiger partial charge >= 0.3 is 0 Å². The minimum Gasteiger partial charge on any atom is -0.497 e. The molecule has 7 rings (SSSR count). The molecule has 1 aliphatic carbocycles. The van der Waals surface area contributed by atoms with Crippen LogP contribution < -0.4 is 20.1 Å². The number of nitrogens with one attached hydrogen (secondary N) is 3. The summed E-state index contributed by atoms with van der Waals surface area (Å²) < 4.78 is 15.9. The van der Waals surface area contributed by atoms with E-state index >= 15 is 0 Å². The smallest absolute Gasteiger partial charge is 0.235 e. The van der Waals surface area contributed by atoms with E-state index in [4.69, 9.17) is 13.9 Å². The molecular formula is C26H21N7O4. The van der Waals surface area contributed by atoms with Gasteiger partial charge in [-0.1, -0.05) is 6.07 Å². The first-order valence-corrected chi connectivity index (χ1v) is 11.7. The van der Waals surface area contributed by atoms with Crippen molar-refractivity contribution in [2.24, 2.45) is 0 Å². The molecule has 3 aromatic heterocycles. The Labute approximate surface area is 210 Å². The predicted molar refractivity (Wildman–Crippen MR) is 134 cm³/mol. The van der Waals surface area contributed by atoms with Crippen LogP contribution in [0.3, 0.4) is 0 Å². The van der Waals surface area contributed by atoms with Gasteiger partial charge < -0.3 is 24.5 Å². The summed E-state index contributed by atoms with van der Waals surface area (Å²) in [6, 6.07) is 11.8. The van der Waals surface area contributed by atoms with Gasteiger partial charge in [-0.15, -0.1) is 0 Å². The third-order valence-electron chi connectivity index (χ3n) is 7.18. The normalized spacial score (nSPS) is 19.6. The molecule has 184 valence electrons. The molecule has 1 amide bonds. The van der Waals surface area contributed by atoms with Gasteiger partial charge in [0.1, 0.15) is 17.7 Å². The maximum atomic E-state index is 13.0. The van der Waals surface area contributed by atoms with E-state index < -0.39 is 5.41 Å². The van der Waals surface area contributed by atoms with Crippen LogP contribution in [-0.4, -0.2) is 45.3 Å². The summed E-state index contributed by atoms with van der Waals surface area (Å²) in [7, 11) is 3.18. The fourth-order valence-corrected chi connectivity index (χ4v) is 5.22. The average molecular weight is 495 g/mol. The van der Waals surface area contributed by atoms with Gasteiger partial charge in [-0.2, -0.15) is 5.10 Å². The van der Waals surface area contributed by atoms with Crippen LogP contribution in [0.4, 0.5) is 17.3 Å². The number of oxazole rings is 1. The van der Waals surface area contributed by atoms with Crippen molar-refractivity contribution in [3.63, 3.8) is 0 Å². The fourth-order valence-electron chi connectivity index (χ4n) is 5.22. The first-order chi connectivity index (χ1) is 18.1. The summed E-state index contributed by atoms with van der Waals surface area (Å²) in [6.07, 6.45) is 5.11. The van der Waals surface area contributed by atoms with Crippen LogP contribution in [-0.2, 0) is 10.2 Å². The van der Waals surface area contributed by atoms with Crippen molar-refractivity contribution in [2.45, 2.75) is 17.8 Å². The molecule has 1 fully saturated rings. The molecule has 0 radical (unpaired) electrons. The highest BCUT2D eigenvalue weighted by molar-refractivity contribution is 6.10. The first kappa shape index (κ1) is 21.4. The number of hydrogen-bond donors (Lipinski definition) is 3. The molecule has 2 aromatic carbocycles. The number of H-pyrrole nitrogens is 1. The molecule has 3 N–H and O–H groups in total. The second kappa shape index (κ2) is 7.79. The van der Waals surface area contributed by atoms with E-state index in [1.807, 2.05) is 30.3 Å². The second-order valence-corrected chi connectivity index (χ2v) is 9.08.